The highest BCUT2D eigenvalue weighted by atomic mass is 16.3. The molecule has 4 atom stereocenters. The Morgan fingerprint density at radius 1 is 1.54 bits per heavy atom. The summed E-state index contributed by atoms with van der Waals surface area (Å²) in [7, 11) is 0. The van der Waals surface area contributed by atoms with Crippen molar-refractivity contribution in [3.8, 4) is 0 Å². The summed E-state index contributed by atoms with van der Waals surface area (Å²) in [4.78, 5) is 0. The summed E-state index contributed by atoms with van der Waals surface area (Å²) in [5.74, 6) is 1.39. The first kappa shape index (κ1) is 9.47. The van der Waals surface area contributed by atoms with Crippen molar-refractivity contribution in [3.05, 3.63) is 0 Å². The summed E-state index contributed by atoms with van der Waals surface area (Å²) >= 11 is 0. The molecule has 0 aromatic heterocycles. The molecule has 2 heteroatoms. The van der Waals surface area contributed by atoms with Gasteiger partial charge >= 0.3 is 0 Å². The van der Waals surface area contributed by atoms with E-state index >= 15 is 0 Å². The zero-order valence-electron chi connectivity index (χ0n) is 8.71. The number of aliphatic hydroxyl groups is 1. The monoisotopic (exact) mass is 183 g/mol. The third-order valence-electron chi connectivity index (χ3n) is 4.12. The van der Waals surface area contributed by atoms with E-state index in [1.165, 1.54) is 19.3 Å². The Labute approximate surface area is 80.7 Å². The summed E-state index contributed by atoms with van der Waals surface area (Å²) in [6.07, 6.45) is 4.90. The van der Waals surface area contributed by atoms with Crippen molar-refractivity contribution in [3.63, 3.8) is 0 Å². The van der Waals surface area contributed by atoms with Gasteiger partial charge in [-0.25, -0.2) is 0 Å². The van der Waals surface area contributed by atoms with E-state index in [0.29, 0.717) is 5.92 Å². The second-order valence-electron chi connectivity index (χ2n) is 4.85. The third kappa shape index (κ3) is 1.40. The molecule has 0 radical (unpaired) electrons. The van der Waals surface area contributed by atoms with Crippen molar-refractivity contribution in [2.75, 3.05) is 6.54 Å². The molecule has 0 aliphatic heterocycles. The lowest BCUT2D eigenvalue weighted by Gasteiger charge is -2.38. The summed E-state index contributed by atoms with van der Waals surface area (Å²) in [5, 5.41) is 13.9. The predicted octanol–water partition coefficient (Wildman–Crippen LogP) is 1.54. The molecule has 0 aromatic carbocycles. The Balaban J connectivity index is 2.04. The molecule has 13 heavy (non-hydrogen) atoms. The lowest BCUT2D eigenvalue weighted by atomic mass is 9.79. The fourth-order valence-corrected chi connectivity index (χ4v) is 3.36. The van der Waals surface area contributed by atoms with E-state index in [-0.39, 0.29) is 11.6 Å². The van der Waals surface area contributed by atoms with Gasteiger partial charge in [-0.3, -0.25) is 0 Å². The highest BCUT2D eigenvalue weighted by molar-refractivity contribution is 5.05. The fourth-order valence-electron chi connectivity index (χ4n) is 3.36. The number of rotatable bonds is 3. The Morgan fingerprint density at radius 2 is 2.31 bits per heavy atom. The van der Waals surface area contributed by atoms with Crippen molar-refractivity contribution in [2.24, 2.45) is 11.8 Å². The minimum Gasteiger partial charge on any atom is -0.388 e. The van der Waals surface area contributed by atoms with Crippen molar-refractivity contribution in [1.29, 1.82) is 0 Å². The molecule has 0 aromatic rings. The van der Waals surface area contributed by atoms with Gasteiger partial charge in [-0.05, 0) is 51.0 Å². The van der Waals surface area contributed by atoms with Crippen LogP contribution >= 0.6 is 0 Å². The average molecular weight is 183 g/mol. The first-order valence-electron chi connectivity index (χ1n) is 5.62. The minimum absolute atomic E-state index is 0.271. The van der Waals surface area contributed by atoms with E-state index in [1.807, 2.05) is 0 Å². The molecule has 76 valence electrons. The van der Waals surface area contributed by atoms with Crippen LogP contribution in [0, 0.1) is 11.8 Å². The van der Waals surface area contributed by atoms with Crippen LogP contribution in [0.2, 0.25) is 0 Å². The van der Waals surface area contributed by atoms with Crippen molar-refractivity contribution in [2.45, 2.75) is 51.2 Å². The maximum absolute atomic E-state index is 10.5. The Morgan fingerprint density at radius 3 is 2.77 bits per heavy atom. The van der Waals surface area contributed by atoms with Crippen LogP contribution in [0.15, 0.2) is 0 Å². The number of hydrogen-bond donors (Lipinski definition) is 2. The maximum atomic E-state index is 10.5. The smallest absolute Gasteiger partial charge is 0.0828 e. The first-order valence-corrected chi connectivity index (χ1v) is 5.62. The summed E-state index contributed by atoms with van der Waals surface area (Å²) in [6, 6.07) is 0.271. The molecule has 2 rings (SSSR count). The summed E-state index contributed by atoms with van der Waals surface area (Å²) in [5.41, 5.74) is -0.390. The van der Waals surface area contributed by atoms with E-state index in [4.69, 9.17) is 0 Å². The van der Waals surface area contributed by atoms with Crippen molar-refractivity contribution < 1.29 is 5.11 Å². The molecule has 0 amide bonds. The van der Waals surface area contributed by atoms with Crippen LogP contribution < -0.4 is 5.32 Å². The van der Waals surface area contributed by atoms with Gasteiger partial charge in [-0.15, -0.1) is 0 Å². The van der Waals surface area contributed by atoms with Crippen LogP contribution in [-0.2, 0) is 0 Å². The fraction of sp³-hybridized carbons (Fsp3) is 1.00. The molecule has 0 spiro atoms. The highest BCUT2D eigenvalue weighted by Crippen LogP contribution is 2.51. The molecule has 2 saturated carbocycles. The zero-order chi connectivity index (χ0) is 9.47. The van der Waals surface area contributed by atoms with Crippen LogP contribution in [0.25, 0.3) is 0 Å². The quantitative estimate of drug-likeness (QED) is 0.695. The van der Waals surface area contributed by atoms with Gasteiger partial charge in [0, 0.05) is 6.04 Å². The number of likely N-dealkylation sites (N-methyl/N-ethyl adjacent to an activating group) is 1. The van der Waals surface area contributed by atoms with Crippen LogP contribution in [-0.4, -0.2) is 23.3 Å². The maximum Gasteiger partial charge on any atom is 0.0828 e. The summed E-state index contributed by atoms with van der Waals surface area (Å²) < 4.78 is 0. The molecule has 2 aliphatic rings. The number of fused-ring (bicyclic) bond motifs is 2. The van der Waals surface area contributed by atoms with Crippen LogP contribution in [0.5, 0.6) is 0 Å². The number of hydrogen-bond acceptors (Lipinski definition) is 2. The first-order chi connectivity index (χ1) is 6.16. The number of nitrogens with one attached hydrogen (secondary N) is 1. The molecule has 4 unspecified atom stereocenters. The third-order valence-corrected chi connectivity index (χ3v) is 4.12. The standard InChI is InChI=1S/C11H21NO/c1-3-12-8(2)11(13)7-9-4-5-10(11)6-9/h8-10,12-13H,3-7H2,1-2H3. The van der Waals surface area contributed by atoms with Crippen molar-refractivity contribution in [1.82, 2.24) is 5.32 Å². The van der Waals surface area contributed by atoms with E-state index in [0.717, 1.165) is 18.9 Å². The normalized spacial score (nSPS) is 45.5. The topological polar surface area (TPSA) is 32.3 Å². The van der Waals surface area contributed by atoms with Gasteiger partial charge in [-0.2, -0.15) is 0 Å². The van der Waals surface area contributed by atoms with Gasteiger partial charge in [0.1, 0.15) is 0 Å². The second kappa shape index (κ2) is 3.25. The molecule has 2 aliphatic carbocycles. The zero-order valence-corrected chi connectivity index (χ0v) is 8.71. The van der Waals surface area contributed by atoms with Gasteiger partial charge in [0.05, 0.1) is 5.60 Å². The van der Waals surface area contributed by atoms with Crippen LogP contribution in [0.3, 0.4) is 0 Å². The lowest BCUT2D eigenvalue weighted by Crippen LogP contribution is -2.52. The molecular formula is C11H21NO. The lowest BCUT2D eigenvalue weighted by molar-refractivity contribution is -0.0406. The van der Waals surface area contributed by atoms with Gasteiger partial charge in [0.25, 0.3) is 0 Å². The molecule has 2 fully saturated rings. The van der Waals surface area contributed by atoms with E-state index < -0.39 is 0 Å². The van der Waals surface area contributed by atoms with E-state index in [1.54, 1.807) is 0 Å². The molecule has 0 saturated heterocycles. The van der Waals surface area contributed by atoms with Crippen molar-refractivity contribution >= 4 is 0 Å². The van der Waals surface area contributed by atoms with Crippen LogP contribution in [0.4, 0.5) is 0 Å². The average Bonchev–Trinajstić information content (AvgIpc) is 2.64. The van der Waals surface area contributed by atoms with Gasteiger partial charge in [-0.1, -0.05) is 6.92 Å². The Kier molecular flexibility index (Phi) is 2.37. The second-order valence-corrected chi connectivity index (χ2v) is 4.85. The van der Waals surface area contributed by atoms with Crippen LogP contribution in [0.1, 0.15) is 39.5 Å². The summed E-state index contributed by atoms with van der Waals surface area (Å²) in [6.45, 7) is 5.19. The van der Waals surface area contributed by atoms with E-state index in [2.05, 4.69) is 19.2 Å². The molecule has 2 N–H and O–H groups in total. The van der Waals surface area contributed by atoms with Gasteiger partial charge in [0.15, 0.2) is 0 Å². The highest BCUT2D eigenvalue weighted by Gasteiger charge is 2.52. The molecule has 0 heterocycles. The van der Waals surface area contributed by atoms with Gasteiger partial charge in [0.2, 0.25) is 0 Å². The Hall–Kier alpha value is -0.0800. The minimum atomic E-state index is -0.390. The van der Waals surface area contributed by atoms with Gasteiger partial charge < -0.3 is 10.4 Å². The largest absolute Gasteiger partial charge is 0.388 e. The predicted molar refractivity (Wildman–Crippen MR) is 53.5 cm³/mol. The molecule has 2 nitrogen and oxygen atoms in total. The van der Waals surface area contributed by atoms with E-state index in [9.17, 15) is 5.11 Å². The SMILES string of the molecule is CCNC(C)C1(O)CC2CCC1C2. The Bertz CT molecular complexity index is 195. The molecule has 2 bridgehead atoms. The molecular weight excluding hydrogens is 162 g/mol.